The van der Waals surface area contributed by atoms with Crippen molar-refractivity contribution in [3.05, 3.63) is 67.4 Å². The molecule has 0 spiro atoms. The van der Waals surface area contributed by atoms with Gasteiger partial charge in [0.2, 0.25) is 0 Å². The number of nitrogens with zero attached hydrogens (tertiary/aromatic N) is 4. The number of aromatic amines is 1. The van der Waals surface area contributed by atoms with Crippen LogP contribution in [0, 0.1) is 0 Å². The number of ether oxygens (including phenoxy) is 1. The highest BCUT2D eigenvalue weighted by atomic mass is 16.5. The number of benzene rings is 1. The van der Waals surface area contributed by atoms with Crippen LogP contribution in [0.25, 0.3) is 27.9 Å². The van der Waals surface area contributed by atoms with Gasteiger partial charge in [0.1, 0.15) is 18.6 Å². The summed E-state index contributed by atoms with van der Waals surface area (Å²) in [6.07, 6.45) is 13.5. The Bertz CT molecular complexity index is 1100. The van der Waals surface area contributed by atoms with Gasteiger partial charge in [0.05, 0.1) is 17.3 Å². The minimum absolute atomic E-state index is 0.739. The van der Waals surface area contributed by atoms with Gasteiger partial charge in [0.15, 0.2) is 6.20 Å². The molecule has 1 fully saturated rings. The van der Waals surface area contributed by atoms with Crippen molar-refractivity contribution in [2.24, 2.45) is 0 Å². The molecule has 0 saturated carbocycles. The summed E-state index contributed by atoms with van der Waals surface area (Å²) < 4.78 is 7.90. The van der Waals surface area contributed by atoms with Crippen molar-refractivity contribution in [1.29, 1.82) is 0 Å². The van der Waals surface area contributed by atoms with Crippen LogP contribution in [-0.2, 0) is 0 Å². The fraction of sp³-hybridized carbons (Fsp3) is 0.292. The van der Waals surface area contributed by atoms with Crippen molar-refractivity contribution in [2.45, 2.75) is 19.3 Å². The fourth-order valence-electron chi connectivity index (χ4n) is 4.03. The molecule has 4 aromatic rings. The Kier molecular flexibility index (Phi) is 5.40. The molecule has 4 heterocycles. The maximum atomic E-state index is 5.95. The van der Waals surface area contributed by atoms with Crippen LogP contribution in [0.3, 0.4) is 0 Å². The summed E-state index contributed by atoms with van der Waals surface area (Å²) in [5, 5.41) is 3.27. The molecular weight excluding hydrogens is 374 g/mol. The van der Waals surface area contributed by atoms with Gasteiger partial charge in [-0.1, -0.05) is 18.6 Å². The van der Waals surface area contributed by atoms with Crippen LogP contribution in [0.5, 0.6) is 5.75 Å². The molecule has 6 heteroatoms. The van der Waals surface area contributed by atoms with E-state index in [2.05, 4.69) is 33.3 Å². The third kappa shape index (κ3) is 4.04. The van der Waals surface area contributed by atoms with Gasteiger partial charge in [-0.3, -0.25) is 9.88 Å². The predicted octanol–water partition coefficient (Wildman–Crippen LogP) is 3.74. The minimum atomic E-state index is 0.739. The number of fused-ring (bicyclic) bond motifs is 1. The number of nitrogens with one attached hydrogen (secondary N) is 1. The molecule has 30 heavy (non-hydrogen) atoms. The van der Waals surface area contributed by atoms with Crippen LogP contribution in [0.15, 0.2) is 67.4 Å². The Morgan fingerprint density at radius 3 is 2.53 bits per heavy atom. The predicted molar refractivity (Wildman–Crippen MR) is 116 cm³/mol. The molecule has 0 bridgehead atoms. The van der Waals surface area contributed by atoms with Gasteiger partial charge in [0, 0.05) is 18.9 Å². The van der Waals surface area contributed by atoms with Crippen molar-refractivity contribution >= 4 is 5.65 Å². The lowest BCUT2D eigenvalue weighted by molar-refractivity contribution is -0.578. The minimum Gasteiger partial charge on any atom is -0.492 e. The molecular formula is C24H26N5O+. The van der Waals surface area contributed by atoms with Crippen LogP contribution in [-0.4, -0.2) is 46.2 Å². The highest BCUT2D eigenvalue weighted by Crippen LogP contribution is 2.24. The molecule has 0 aliphatic carbocycles. The largest absolute Gasteiger partial charge is 0.492 e. The Balaban J connectivity index is 1.27. The van der Waals surface area contributed by atoms with Gasteiger partial charge in [-0.2, -0.15) is 0 Å². The van der Waals surface area contributed by atoms with Crippen molar-refractivity contribution in [3.63, 3.8) is 0 Å². The second-order valence-corrected chi connectivity index (χ2v) is 7.73. The quantitative estimate of drug-likeness (QED) is 0.501. The first-order valence-electron chi connectivity index (χ1n) is 10.6. The molecule has 5 rings (SSSR count). The van der Waals surface area contributed by atoms with E-state index < -0.39 is 0 Å². The van der Waals surface area contributed by atoms with Crippen molar-refractivity contribution in [2.75, 3.05) is 26.2 Å². The number of H-pyrrole nitrogens is 1. The molecule has 0 atom stereocenters. The molecule has 0 unspecified atom stereocenters. The average molecular weight is 401 g/mol. The lowest BCUT2D eigenvalue weighted by Gasteiger charge is -2.26. The third-order valence-corrected chi connectivity index (χ3v) is 5.72. The van der Waals surface area contributed by atoms with Crippen molar-refractivity contribution < 1.29 is 9.25 Å². The topological polar surface area (TPSA) is 58.1 Å². The summed E-state index contributed by atoms with van der Waals surface area (Å²) in [6.45, 7) is 4.16. The fourth-order valence-corrected chi connectivity index (χ4v) is 4.03. The van der Waals surface area contributed by atoms with Crippen LogP contribution in [0.2, 0.25) is 0 Å². The standard InChI is InChI=1S/C24H25N5O/c1-2-12-28(13-3-1)14-15-30-22-6-4-19(5-7-22)21-16-26-24-23(17-27-29(24)18-21)20-8-10-25-11-9-20/h4-11,16-18H,1-3,12-15H2/p+1. The van der Waals surface area contributed by atoms with E-state index in [1.807, 2.05) is 41.2 Å². The van der Waals surface area contributed by atoms with E-state index in [4.69, 9.17) is 9.72 Å². The highest BCUT2D eigenvalue weighted by Gasteiger charge is 2.16. The Morgan fingerprint density at radius 2 is 1.73 bits per heavy atom. The zero-order valence-electron chi connectivity index (χ0n) is 17.0. The second-order valence-electron chi connectivity index (χ2n) is 7.73. The Hall–Kier alpha value is -3.25. The lowest BCUT2D eigenvalue weighted by Crippen LogP contribution is -2.33. The molecule has 1 aliphatic rings. The van der Waals surface area contributed by atoms with Crippen molar-refractivity contribution in [1.82, 2.24) is 20.0 Å². The summed E-state index contributed by atoms with van der Waals surface area (Å²) in [6, 6.07) is 12.2. The van der Waals surface area contributed by atoms with Crippen LogP contribution < -0.4 is 9.25 Å². The van der Waals surface area contributed by atoms with Gasteiger partial charge in [-0.15, -0.1) is 4.52 Å². The van der Waals surface area contributed by atoms with Crippen LogP contribution in [0.1, 0.15) is 19.3 Å². The summed E-state index contributed by atoms with van der Waals surface area (Å²) in [4.78, 5) is 11.3. The molecule has 1 aliphatic heterocycles. The van der Waals surface area contributed by atoms with E-state index in [-0.39, 0.29) is 0 Å². The molecule has 152 valence electrons. The molecule has 1 saturated heterocycles. The van der Waals surface area contributed by atoms with Gasteiger partial charge in [-0.25, -0.2) is 5.10 Å². The van der Waals surface area contributed by atoms with E-state index in [1.54, 1.807) is 12.4 Å². The molecule has 3 aromatic heterocycles. The molecule has 1 aromatic carbocycles. The van der Waals surface area contributed by atoms with Gasteiger partial charge < -0.3 is 4.74 Å². The Morgan fingerprint density at radius 1 is 0.933 bits per heavy atom. The van der Waals surface area contributed by atoms with E-state index in [9.17, 15) is 0 Å². The summed E-state index contributed by atoms with van der Waals surface area (Å²) in [5.74, 6) is 0.914. The third-order valence-electron chi connectivity index (χ3n) is 5.72. The number of piperidine rings is 1. The second kappa shape index (κ2) is 8.63. The first-order chi connectivity index (χ1) is 14.9. The van der Waals surface area contributed by atoms with Gasteiger partial charge in [0.25, 0.3) is 0 Å². The SMILES string of the molecule is c1cc(-c2c[nH][n+]3cc(-c4ccc(OCCN5CCCCC5)cc4)cnc23)ccn1. The normalized spacial score (nSPS) is 14.8. The highest BCUT2D eigenvalue weighted by molar-refractivity contribution is 5.74. The molecule has 0 radical (unpaired) electrons. The van der Waals surface area contributed by atoms with Gasteiger partial charge in [-0.05, 0) is 66.3 Å². The maximum Gasteiger partial charge on any atom is 0.355 e. The molecule has 0 amide bonds. The van der Waals surface area contributed by atoms with Crippen molar-refractivity contribution in [3.8, 4) is 28.0 Å². The zero-order valence-corrected chi connectivity index (χ0v) is 17.0. The zero-order chi connectivity index (χ0) is 20.2. The van der Waals surface area contributed by atoms with Gasteiger partial charge >= 0.3 is 5.65 Å². The number of aromatic nitrogens is 4. The Labute approximate surface area is 176 Å². The number of rotatable bonds is 6. The average Bonchev–Trinajstić information content (AvgIpc) is 3.24. The molecule has 1 N–H and O–H groups in total. The summed E-state index contributed by atoms with van der Waals surface area (Å²) in [7, 11) is 0. The van der Waals surface area contributed by atoms with Crippen LogP contribution >= 0.6 is 0 Å². The number of hydrogen-bond acceptors (Lipinski definition) is 4. The lowest BCUT2D eigenvalue weighted by atomic mass is 10.1. The van der Waals surface area contributed by atoms with Crippen LogP contribution in [0.4, 0.5) is 0 Å². The molecule has 6 nitrogen and oxygen atoms in total. The van der Waals surface area contributed by atoms with E-state index in [0.717, 1.165) is 46.8 Å². The number of hydrogen-bond donors (Lipinski definition) is 1. The van der Waals surface area contributed by atoms with E-state index >= 15 is 0 Å². The summed E-state index contributed by atoms with van der Waals surface area (Å²) >= 11 is 0. The smallest absolute Gasteiger partial charge is 0.355 e. The van der Waals surface area contributed by atoms with E-state index in [1.165, 1.54) is 32.4 Å². The monoisotopic (exact) mass is 400 g/mol. The summed E-state index contributed by atoms with van der Waals surface area (Å²) in [5.41, 5.74) is 5.20. The first-order valence-corrected chi connectivity index (χ1v) is 10.6. The number of likely N-dealkylation sites (tertiary alicyclic amines) is 1. The number of pyridine rings is 1. The van der Waals surface area contributed by atoms with E-state index in [0.29, 0.717) is 0 Å². The first kappa shape index (κ1) is 18.8. The maximum absolute atomic E-state index is 5.95.